The summed E-state index contributed by atoms with van der Waals surface area (Å²) >= 11 is 19.2. The summed E-state index contributed by atoms with van der Waals surface area (Å²) in [6.07, 6.45) is 0.158. The number of amides is 2. The zero-order chi connectivity index (χ0) is 33.6. The number of nitrogens with zero attached hydrogens (tertiary/aromatic N) is 2. The summed E-state index contributed by atoms with van der Waals surface area (Å²) in [4.78, 5) is 29.9. The number of hydrogen-bond acceptors (Lipinski definition) is 4. The molecule has 1 unspecified atom stereocenters. The monoisotopic (exact) mass is 699 g/mol. The highest BCUT2D eigenvalue weighted by Crippen LogP contribution is 2.29. The Morgan fingerprint density at radius 3 is 1.96 bits per heavy atom. The van der Waals surface area contributed by atoms with Gasteiger partial charge in [-0.2, -0.15) is 0 Å². The molecule has 242 valence electrons. The van der Waals surface area contributed by atoms with Gasteiger partial charge in [-0.3, -0.25) is 13.9 Å². The number of carbonyl (C=O) groups is 2. The second kappa shape index (κ2) is 14.9. The van der Waals surface area contributed by atoms with Crippen molar-refractivity contribution in [3.05, 3.63) is 129 Å². The molecule has 0 aliphatic rings. The molecule has 4 aromatic carbocycles. The number of halogens is 3. The van der Waals surface area contributed by atoms with Crippen LogP contribution in [0.25, 0.3) is 0 Å². The fraction of sp³-hybridized carbons (Fsp3) is 0.257. The number of aryl methyl sites for hydroxylation is 1. The average Bonchev–Trinajstić information content (AvgIpc) is 2.99. The number of rotatable bonds is 11. The van der Waals surface area contributed by atoms with E-state index in [2.05, 4.69) is 5.32 Å². The van der Waals surface area contributed by atoms with E-state index in [0.29, 0.717) is 20.6 Å². The number of sulfonamides is 1. The van der Waals surface area contributed by atoms with Crippen molar-refractivity contribution in [2.75, 3.05) is 10.8 Å². The van der Waals surface area contributed by atoms with Crippen molar-refractivity contribution in [1.82, 2.24) is 10.2 Å². The SMILES string of the molecule is Cc1ccc(N(CC(=O)N(Cc2c(Cl)cccc2Cl)C(Cc2ccccc2)C(=O)NC(C)(C)C)S(=O)(=O)c2ccc(Cl)cc2)cc1. The molecule has 0 aliphatic carbocycles. The van der Waals surface area contributed by atoms with Crippen molar-refractivity contribution < 1.29 is 18.0 Å². The van der Waals surface area contributed by atoms with Gasteiger partial charge < -0.3 is 10.2 Å². The average molecular weight is 701 g/mol. The summed E-state index contributed by atoms with van der Waals surface area (Å²) in [6, 6.07) is 25.8. The molecule has 4 rings (SSSR count). The minimum absolute atomic E-state index is 0.0442. The van der Waals surface area contributed by atoms with E-state index in [1.54, 1.807) is 42.5 Å². The molecule has 0 heterocycles. The highest BCUT2D eigenvalue weighted by atomic mass is 35.5. The molecule has 0 aromatic heterocycles. The molecule has 0 fully saturated rings. The predicted molar refractivity (Wildman–Crippen MR) is 186 cm³/mol. The van der Waals surface area contributed by atoms with Crippen LogP contribution in [0, 0.1) is 6.92 Å². The molecular formula is C35H36Cl3N3O4S. The van der Waals surface area contributed by atoms with Gasteiger partial charge in [-0.15, -0.1) is 0 Å². The number of hydrogen-bond donors (Lipinski definition) is 1. The van der Waals surface area contributed by atoms with Gasteiger partial charge in [0.05, 0.1) is 10.6 Å². The maximum absolute atomic E-state index is 14.6. The zero-order valence-corrected chi connectivity index (χ0v) is 29.1. The van der Waals surface area contributed by atoms with Crippen molar-refractivity contribution in [2.24, 2.45) is 0 Å². The molecule has 0 spiro atoms. The Labute approximate surface area is 286 Å². The molecule has 1 N–H and O–H groups in total. The second-order valence-electron chi connectivity index (χ2n) is 12.0. The maximum Gasteiger partial charge on any atom is 0.264 e. The lowest BCUT2D eigenvalue weighted by atomic mass is 10.0. The van der Waals surface area contributed by atoms with Crippen molar-refractivity contribution in [3.8, 4) is 0 Å². The Morgan fingerprint density at radius 1 is 0.804 bits per heavy atom. The lowest BCUT2D eigenvalue weighted by molar-refractivity contribution is -0.140. The first kappa shape index (κ1) is 35.3. The van der Waals surface area contributed by atoms with E-state index in [0.717, 1.165) is 15.4 Å². The molecule has 4 aromatic rings. The number of nitrogens with one attached hydrogen (secondary N) is 1. The first-order valence-electron chi connectivity index (χ1n) is 14.6. The van der Waals surface area contributed by atoms with E-state index in [4.69, 9.17) is 34.8 Å². The number of carbonyl (C=O) groups excluding carboxylic acids is 2. The van der Waals surface area contributed by atoms with Gasteiger partial charge in [-0.1, -0.05) is 88.9 Å². The molecule has 11 heteroatoms. The van der Waals surface area contributed by atoms with Crippen LogP contribution in [-0.2, 0) is 32.6 Å². The van der Waals surface area contributed by atoms with E-state index in [9.17, 15) is 18.0 Å². The van der Waals surface area contributed by atoms with Crippen LogP contribution in [0.4, 0.5) is 5.69 Å². The Morgan fingerprint density at radius 2 is 1.39 bits per heavy atom. The molecule has 0 aliphatic heterocycles. The van der Waals surface area contributed by atoms with E-state index >= 15 is 0 Å². The Bertz CT molecular complexity index is 1760. The minimum atomic E-state index is -4.26. The third-order valence-corrected chi connectivity index (χ3v) is 9.91. The van der Waals surface area contributed by atoms with Gasteiger partial charge in [0.15, 0.2) is 0 Å². The summed E-state index contributed by atoms with van der Waals surface area (Å²) in [5.74, 6) is -1.03. The third-order valence-electron chi connectivity index (χ3n) is 7.16. The van der Waals surface area contributed by atoms with E-state index in [1.165, 1.54) is 29.2 Å². The van der Waals surface area contributed by atoms with Crippen molar-refractivity contribution in [3.63, 3.8) is 0 Å². The maximum atomic E-state index is 14.6. The Kier molecular flexibility index (Phi) is 11.4. The van der Waals surface area contributed by atoms with Gasteiger partial charge in [-0.05, 0) is 81.8 Å². The highest BCUT2D eigenvalue weighted by molar-refractivity contribution is 7.92. The predicted octanol–water partition coefficient (Wildman–Crippen LogP) is 7.71. The second-order valence-corrected chi connectivity index (χ2v) is 15.1. The van der Waals surface area contributed by atoms with Crippen molar-refractivity contribution in [1.29, 1.82) is 0 Å². The molecule has 0 saturated carbocycles. The zero-order valence-electron chi connectivity index (χ0n) is 26.0. The van der Waals surface area contributed by atoms with Gasteiger partial charge in [0.1, 0.15) is 12.6 Å². The fourth-order valence-electron chi connectivity index (χ4n) is 4.83. The Hall–Kier alpha value is -3.56. The van der Waals surface area contributed by atoms with Gasteiger partial charge in [0.25, 0.3) is 10.0 Å². The van der Waals surface area contributed by atoms with Crippen LogP contribution in [0.5, 0.6) is 0 Å². The fourth-order valence-corrected chi connectivity index (χ4v) is 6.89. The largest absolute Gasteiger partial charge is 0.350 e. The molecule has 0 radical (unpaired) electrons. The van der Waals surface area contributed by atoms with Gasteiger partial charge in [-0.25, -0.2) is 8.42 Å². The van der Waals surface area contributed by atoms with Crippen LogP contribution in [-0.4, -0.2) is 43.3 Å². The minimum Gasteiger partial charge on any atom is -0.350 e. The number of benzene rings is 4. The summed E-state index contributed by atoms with van der Waals surface area (Å²) in [5, 5.41) is 3.99. The van der Waals surface area contributed by atoms with Gasteiger partial charge in [0.2, 0.25) is 11.8 Å². The van der Waals surface area contributed by atoms with E-state index < -0.39 is 40.0 Å². The lowest BCUT2D eigenvalue weighted by Gasteiger charge is -2.35. The summed E-state index contributed by atoms with van der Waals surface area (Å²) < 4.78 is 29.3. The molecule has 0 saturated heterocycles. The van der Waals surface area contributed by atoms with Crippen LogP contribution in [0.3, 0.4) is 0 Å². The smallest absolute Gasteiger partial charge is 0.264 e. The summed E-state index contributed by atoms with van der Waals surface area (Å²) in [7, 11) is -4.26. The van der Waals surface area contributed by atoms with E-state index in [1.807, 2.05) is 58.0 Å². The summed E-state index contributed by atoms with van der Waals surface area (Å²) in [6.45, 7) is 6.67. The molecule has 2 amide bonds. The van der Waals surface area contributed by atoms with Crippen LogP contribution in [0.15, 0.2) is 102 Å². The van der Waals surface area contributed by atoms with Crippen LogP contribution in [0.2, 0.25) is 15.1 Å². The van der Waals surface area contributed by atoms with Crippen LogP contribution < -0.4 is 9.62 Å². The standard InChI is InChI=1S/C35H36Cl3N3O4S/c1-24-13-17-27(18-14-24)41(46(44,45)28-19-15-26(36)16-20-28)23-33(42)40(22-29-30(37)11-8-12-31(29)38)32(34(43)39-35(2,3)4)21-25-9-6-5-7-10-25/h5-20,32H,21-23H2,1-4H3,(H,39,43). The van der Waals surface area contributed by atoms with Gasteiger partial charge in [0, 0.05) is 39.1 Å². The topological polar surface area (TPSA) is 86.8 Å². The van der Waals surface area contributed by atoms with Crippen LogP contribution in [0.1, 0.15) is 37.5 Å². The van der Waals surface area contributed by atoms with Crippen LogP contribution >= 0.6 is 34.8 Å². The van der Waals surface area contributed by atoms with Crippen molar-refractivity contribution >= 4 is 62.3 Å². The quantitative estimate of drug-likeness (QED) is 0.174. The molecule has 0 bridgehead atoms. The van der Waals surface area contributed by atoms with Crippen molar-refractivity contribution in [2.45, 2.75) is 57.1 Å². The molecular weight excluding hydrogens is 665 g/mol. The summed E-state index contributed by atoms with van der Waals surface area (Å²) in [5.41, 5.74) is 1.82. The van der Waals surface area contributed by atoms with E-state index in [-0.39, 0.29) is 23.5 Å². The normalized spacial score (nSPS) is 12.3. The first-order valence-corrected chi connectivity index (χ1v) is 17.2. The molecule has 46 heavy (non-hydrogen) atoms. The first-order chi connectivity index (χ1) is 21.7. The highest BCUT2D eigenvalue weighted by Gasteiger charge is 2.36. The molecule has 7 nitrogen and oxygen atoms in total. The lowest BCUT2D eigenvalue weighted by Crippen LogP contribution is -2.56. The number of anilines is 1. The Balaban J connectivity index is 1.85. The molecule has 1 atom stereocenters. The van der Waals surface area contributed by atoms with Gasteiger partial charge >= 0.3 is 0 Å². The third kappa shape index (κ3) is 9.04.